The Labute approximate surface area is 187 Å². The summed E-state index contributed by atoms with van der Waals surface area (Å²) >= 11 is 0. The number of anilines is 2. The van der Waals surface area contributed by atoms with Gasteiger partial charge in [-0.15, -0.1) is 0 Å². The number of hydrogen-bond donors (Lipinski definition) is 3. The van der Waals surface area contributed by atoms with Gasteiger partial charge >= 0.3 is 0 Å². The zero-order valence-corrected chi connectivity index (χ0v) is 18.5. The van der Waals surface area contributed by atoms with Gasteiger partial charge in [0.2, 0.25) is 0 Å². The molecule has 0 spiro atoms. The molecule has 0 aliphatic heterocycles. The van der Waals surface area contributed by atoms with Gasteiger partial charge in [-0.25, -0.2) is 0 Å². The maximum Gasteiger partial charge on any atom is 0.252 e. The summed E-state index contributed by atoms with van der Waals surface area (Å²) in [4.78, 5) is 16.7. The first-order valence-corrected chi connectivity index (χ1v) is 11.0. The van der Waals surface area contributed by atoms with Crippen molar-refractivity contribution in [3.63, 3.8) is 0 Å². The topological polar surface area (TPSA) is 107 Å². The van der Waals surface area contributed by atoms with Gasteiger partial charge in [-0.3, -0.25) is 9.78 Å². The second-order valence-electron chi connectivity index (χ2n) is 8.04. The fraction of sp³-hybridized carbons (Fsp3) is 0.360. The lowest BCUT2D eigenvalue weighted by molar-refractivity contribution is 0.100. The summed E-state index contributed by atoms with van der Waals surface area (Å²) in [6.07, 6.45) is 6.78. The van der Waals surface area contributed by atoms with Crippen LogP contribution in [0.3, 0.4) is 0 Å². The molecule has 168 valence electrons. The first-order valence-electron chi connectivity index (χ1n) is 11.0. The zero-order valence-electron chi connectivity index (χ0n) is 18.5. The molecule has 0 atom stereocenters. The number of hydrogen-bond acceptors (Lipinski definition) is 6. The van der Waals surface area contributed by atoms with Crippen LogP contribution in [0.5, 0.6) is 11.5 Å². The van der Waals surface area contributed by atoms with Crippen molar-refractivity contribution in [2.45, 2.75) is 51.7 Å². The van der Waals surface area contributed by atoms with Gasteiger partial charge in [-0.2, -0.15) is 0 Å². The van der Waals surface area contributed by atoms with Crippen LogP contribution in [-0.4, -0.2) is 29.2 Å². The highest BCUT2D eigenvalue weighted by Gasteiger charge is 2.21. The third-order valence-electron chi connectivity index (χ3n) is 6.07. The highest BCUT2D eigenvalue weighted by Crippen LogP contribution is 2.39. The van der Waals surface area contributed by atoms with E-state index in [2.05, 4.69) is 10.3 Å². The van der Waals surface area contributed by atoms with E-state index in [1.165, 1.54) is 19.0 Å². The summed E-state index contributed by atoms with van der Waals surface area (Å²) in [6.45, 7) is 1.96. The van der Waals surface area contributed by atoms with Crippen molar-refractivity contribution < 1.29 is 19.4 Å². The predicted molar refractivity (Wildman–Crippen MR) is 125 cm³/mol. The number of methoxy groups -OCH3 is 1. The minimum absolute atomic E-state index is 0.0614. The predicted octanol–water partition coefficient (Wildman–Crippen LogP) is 4.46. The van der Waals surface area contributed by atoms with Crippen molar-refractivity contribution in [1.29, 1.82) is 0 Å². The van der Waals surface area contributed by atoms with E-state index in [0.717, 1.165) is 36.1 Å². The summed E-state index contributed by atoms with van der Waals surface area (Å²) in [7, 11) is 1.60. The first-order chi connectivity index (χ1) is 15.5. The number of carbonyl (C=O) groups excluding carboxylic acids is 1. The molecule has 1 aliphatic carbocycles. The summed E-state index contributed by atoms with van der Waals surface area (Å²) in [5, 5.41) is 13.8. The molecule has 2 aromatic carbocycles. The largest absolute Gasteiger partial charge is 0.493 e. The van der Waals surface area contributed by atoms with E-state index in [1.807, 2.05) is 37.3 Å². The van der Waals surface area contributed by atoms with Crippen LogP contribution in [-0.2, 0) is 13.0 Å². The number of carbonyl (C=O) groups is 1. The van der Waals surface area contributed by atoms with E-state index >= 15 is 0 Å². The maximum atomic E-state index is 12.2. The molecule has 1 saturated carbocycles. The maximum absolute atomic E-state index is 12.2. The minimum atomic E-state index is -0.580. The van der Waals surface area contributed by atoms with E-state index in [0.29, 0.717) is 28.1 Å². The Morgan fingerprint density at radius 1 is 1.25 bits per heavy atom. The van der Waals surface area contributed by atoms with Crippen LogP contribution in [0.4, 0.5) is 11.4 Å². The molecule has 0 unspecified atom stereocenters. The molecule has 0 radical (unpaired) electrons. The second-order valence-corrected chi connectivity index (χ2v) is 8.04. The van der Waals surface area contributed by atoms with Crippen molar-refractivity contribution >= 4 is 28.2 Å². The van der Waals surface area contributed by atoms with Gasteiger partial charge in [0, 0.05) is 23.3 Å². The number of primary amides is 1. The molecule has 7 heteroatoms. The van der Waals surface area contributed by atoms with E-state index in [-0.39, 0.29) is 18.3 Å². The Balaban J connectivity index is 1.85. The van der Waals surface area contributed by atoms with Crippen molar-refractivity contribution in [2.75, 3.05) is 12.4 Å². The number of aromatic nitrogens is 1. The van der Waals surface area contributed by atoms with Gasteiger partial charge in [0.05, 0.1) is 36.6 Å². The third-order valence-corrected chi connectivity index (χ3v) is 6.07. The van der Waals surface area contributed by atoms with E-state index in [1.54, 1.807) is 7.11 Å². The molecule has 3 aromatic rings. The highest BCUT2D eigenvalue weighted by atomic mass is 16.5. The Kier molecular flexibility index (Phi) is 6.46. The van der Waals surface area contributed by atoms with Crippen LogP contribution in [0.15, 0.2) is 36.5 Å². The molecule has 32 heavy (non-hydrogen) atoms. The number of rotatable bonds is 8. The standard InChI is InChI=1S/C25H29N3O4/c1-3-17-15(14-29)7-6-10-20(17)28-24-18-11-22(31-2)23(32-16-8-4-5-9-16)12-21(18)27-13-19(24)25(26)30/h6-7,10-13,16,29H,3-5,8-9,14H2,1-2H3,(H2,26,30)(H,27,28). The number of nitrogens with one attached hydrogen (secondary N) is 1. The first kappa shape index (κ1) is 21.9. The van der Waals surface area contributed by atoms with Crippen LogP contribution in [0.25, 0.3) is 10.9 Å². The molecule has 7 nitrogen and oxygen atoms in total. The number of aliphatic hydroxyl groups is 1. The average Bonchev–Trinajstić information content (AvgIpc) is 3.31. The molecule has 0 saturated heterocycles. The molecule has 1 fully saturated rings. The summed E-state index contributed by atoms with van der Waals surface area (Å²) < 4.78 is 11.8. The molecular weight excluding hydrogens is 406 g/mol. The Bertz CT molecular complexity index is 1140. The lowest BCUT2D eigenvalue weighted by Gasteiger charge is -2.20. The van der Waals surface area contributed by atoms with Crippen LogP contribution in [0, 0.1) is 0 Å². The lowest BCUT2D eigenvalue weighted by Crippen LogP contribution is -2.15. The fourth-order valence-electron chi connectivity index (χ4n) is 4.41. The smallest absolute Gasteiger partial charge is 0.252 e. The lowest BCUT2D eigenvalue weighted by atomic mass is 10.0. The number of pyridine rings is 1. The fourth-order valence-corrected chi connectivity index (χ4v) is 4.41. The van der Waals surface area contributed by atoms with E-state index in [9.17, 15) is 9.90 Å². The van der Waals surface area contributed by atoms with Gasteiger partial charge in [0.15, 0.2) is 11.5 Å². The Morgan fingerprint density at radius 2 is 2.03 bits per heavy atom. The van der Waals surface area contributed by atoms with Crippen LogP contribution < -0.4 is 20.5 Å². The summed E-state index contributed by atoms with van der Waals surface area (Å²) in [6, 6.07) is 9.37. The monoisotopic (exact) mass is 435 g/mol. The van der Waals surface area contributed by atoms with Crippen molar-refractivity contribution in [3.05, 3.63) is 53.2 Å². The van der Waals surface area contributed by atoms with Gasteiger partial charge < -0.3 is 25.6 Å². The molecular formula is C25H29N3O4. The van der Waals surface area contributed by atoms with Crippen LogP contribution in [0.2, 0.25) is 0 Å². The van der Waals surface area contributed by atoms with Crippen molar-refractivity contribution in [2.24, 2.45) is 5.73 Å². The summed E-state index contributed by atoms with van der Waals surface area (Å²) in [5.41, 5.74) is 9.80. The van der Waals surface area contributed by atoms with Crippen molar-refractivity contribution in [1.82, 2.24) is 4.98 Å². The molecule has 1 amide bonds. The minimum Gasteiger partial charge on any atom is -0.493 e. The van der Waals surface area contributed by atoms with Gasteiger partial charge in [-0.1, -0.05) is 19.1 Å². The van der Waals surface area contributed by atoms with Gasteiger partial charge in [0.1, 0.15) is 0 Å². The highest BCUT2D eigenvalue weighted by molar-refractivity contribution is 6.08. The summed E-state index contributed by atoms with van der Waals surface area (Å²) in [5.74, 6) is 0.646. The number of ether oxygens (including phenoxy) is 2. The van der Waals surface area contributed by atoms with Gasteiger partial charge in [0.25, 0.3) is 5.91 Å². The molecule has 1 aromatic heterocycles. The Hall–Kier alpha value is -3.32. The third kappa shape index (κ3) is 4.21. The quantitative estimate of drug-likeness (QED) is 0.482. The van der Waals surface area contributed by atoms with Crippen LogP contribution >= 0.6 is 0 Å². The zero-order chi connectivity index (χ0) is 22.7. The SMILES string of the molecule is CCc1c(CO)cccc1Nc1c(C(N)=O)cnc2cc(OC3CCCC3)c(OC)cc12. The average molecular weight is 436 g/mol. The van der Waals surface area contributed by atoms with E-state index < -0.39 is 5.91 Å². The molecule has 1 aliphatic rings. The number of amides is 1. The van der Waals surface area contributed by atoms with Crippen LogP contribution in [0.1, 0.15) is 54.1 Å². The molecule has 4 rings (SSSR count). The number of fused-ring (bicyclic) bond motifs is 1. The number of aliphatic hydroxyl groups excluding tert-OH is 1. The molecule has 4 N–H and O–H groups in total. The Morgan fingerprint density at radius 3 is 2.69 bits per heavy atom. The number of nitrogens with zero attached hydrogens (tertiary/aromatic N) is 1. The molecule has 1 heterocycles. The van der Waals surface area contributed by atoms with E-state index in [4.69, 9.17) is 15.2 Å². The van der Waals surface area contributed by atoms with Gasteiger partial charge in [-0.05, 0) is 55.4 Å². The van der Waals surface area contributed by atoms with Crippen molar-refractivity contribution in [3.8, 4) is 11.5 Å². The number of nitrogens with two attached hydrogens (primary N) is 1. The second kappa shape index (κ2) is 9.44. The normalized spacial score (nSPS) is 14.0. The number of benzene rings is 2. The molecule has 0 bridgehead atoms.